The summed E-state index contributed by atoms with van der Waals surface area (Å²) in [6.07, 6.45) is 0. The fourth-order valence-electron chi connectivity index (χ4n) is 2.87. The zero-order valence-corrected chi connectivity index (χ0v) is 19.2. The fourth-order valence-corrected chi connectivity index (χ4v) is 3.98. The van der Waals surface area contributed by atoms with E-state index in [1.807, 2.05) is 80.6 Å². The Balaban J connectivity index is 1.61. The number of anilines is 1. The van der Waals surface area contributed by atoms with Crippen LogP contribution in [-0.4, -0.2) is 17.6 Å². The van der Waals surface area contributed by atoms with Crippen molar-refractivity contribution in [2.24, 2.45) is 0 Å². The van der Waals surface area contributed by atoms with Gasteiger partial charge in [0.25, 0.3) is 5.91 Å². The molecule has 0 saturated carbocycles. The van der Waals surface area contributed by atoms with Crippen molar-refractivity contribution >= 4 is 45.2 Å². The molecule has 1 atom stereocenters. The average Bonchev–Trinajstić information content (AvgIpc) is 2.74. The minimum absolute atomic E-state index is 0.109. The molecule has 0 heterocycles. The highest BCUT2D eigenvalue weighted by molar-refractivity contribution is 9.10. The van der Waals surface area contributed by atoms with Crippen LogP contribution in [-0.2, 0) is 4.79 Å². The third-order valence-electron chi connectivity index (χ3n) is 4.54. The van der Waals surface area contributed by atoms with E-state index in [0.717, 1.165) is 26.2 Å². The molecule has 0 aliphatic rings. The SMILES string of the molecule is Cc1ccc(NC(=O)CSc2ccccc2C(=O)NC(C)c2ccc(Br)cc2)cc1. The van der Waals surface area contributed by atoms with Crippen LogP contribution in [0.2, 0.25) is 0 Å². The molecule has 0 aliphatic heterocycles. The first kappa shape index (κ1) is 22.1. The molecule has 3 aromatic rings. The molecule has 3 aromatic carbocycles. The quantitative estimate of drug-likeness (QED) is 0.407. The monoisotopic (exact) mass is 482 g/mol. The van der Waals surface area contributed by atoms with Crippen LogP contribution in [0.15, 0.2) is 82.2 Å². The number of rotatable bonds is 7. The van der Waals surface area contributed by atoms with Crippen LogP contribution >= 0.6 is 27.7 Å². The van der Waals surface area contributed by atoms with Gasteiger partial charge in [0.05, 0.1) is 17.4 Å². The summed E-state index contributed by atoms with van der Waals surface area (Å²) < 4.78 is 0.996. The van der Waals surface area contributed by atoms with Crippen LogP contribution in [0.3, 0.4) is 0 Å². The van der Waals surface area contributed by atoms with Gasteiger partial charge in [-0.3, -0.25) is 9.59 Å². The highest BCUT2D eigenvalue weighted by Gasteiger charge is 2.16. The van der Waals surface area contributed by atoms with E-state index in [0.29, 0.717) is 5.56 Å². The number of thioether (sulfide) groups is 1. The van der Waals surface area contributed by atoms with Crippen molar-refractivity contribution in [1.29, 1.82) is 0 Å². The van der Waals surface area contributed by atoms with Crippen molar-refractivity contribution in [3.63, 3.8) is 0 Å². The van der Waals surface area contributed by atoms with Gasteiger partial charge in [0.1, 0.15) is 0 Å². The molecular weight excluding hydrogens is 460 g/mol. The first-order valence-corrected chi connectivity index (χ1v) is 11.3. The number of carbonyl (C=O) groups is 2. The molecule has 3 rings (SSSR count). The number of aryl methyl sites for hydroxylation is 1. The molecule has 4 nitrogen and oxygen atoms in total. The van der Waals surface area contributed by atoms with E-state index in [1.165, 1.54) is 11.8 Å². The summed E-state index contributed by atoms with van der Waals surface area (Å²) in [6.45, 7) is 3.95. The molecule has 0 fully saturated rings. The van der Waals surface area contributed by atoms with Gasteiger partial charge in [-0.15, -0.1) is 11.8 Å². The molecular formula is C24H23BrN2O2S. The van der Waals surface area contributed by atoms with Crippen LogP contribution in [0.1, 0.15) is 34.5 Å². The van der Waals surface area contributed by atoms with Gasteiger partial charge >= 0.3 is 0 Å². The third kappa shape index (κ3) is 6.21. The minimum Gasteiger partial charge on any atom is -0.345 e. The normalized spacial score (nSPS) is 11.6. The molecule has 0 aromatic heterocycles. The summed E-state index contributed by atoms with van der Waals surface area (Å²) >= 11 is 4.77. The summed E-state index contributed by atoms with van der Waals surface area (Å²) in [6, 6.07) is 22.7. The number of carbonyl (C=O) groups excluding carboxylic acids is 2. The Morgan fingerprint density at radius 3 is 2.33 bits per heavy atom. The number of benzene rings is 3. The summed E-state index contributed by atoms with van der Waals surface area (Å²) in [7, 11) is 0. The number of amides is 2. The molecule has 0 saturated heterocycles. The average molecular weight is 483 g/mol. The van der Waals surface area contributed by atoms with E-state index in [4.69, 9.17) is 0 Å². The molecule has 2 N–H and O–H groups in total. The molecule has 0 aliphatic carbocycles. The maximum absolute atomic E-state index is 12.8. The van der Waals surface area contributed by atoms with Gasteiger partial charge in [0.15, 0.2) is 0 Å². The van der Waals surface area contributed by atoms with Gasteiger partial charge in [0, 0.05) is 15.1 Å². The van der Waals surface area contributed by atoms with Crippen molar-refractivity contribution in [2.45, 2.75) is 24.8 Å². The van der Waals surface area contributed by atoms with Gasteiger partial charge in [0.2, 0.25) is 5.91 Å². The second kappa shape index (κ2) is 10.5. The Morgan fingerprint density at radius 1 is 0.967 bits per heavy atom. The number of nitrogens with one attached hydrogen (secondary N) is 2. The van der Waals surface area contributed by atoms with Gasteiger partial charge in [-0.05, 0) is 55.8 Å². The number of halogens is 1. The van der Waals surface area contributed by atoms with Crippen LogP contribution in [0.25, 0.3) is 0 Å². The van der Waals surface area contributed by atoms with Gasteiger partial charge < -0.3 is 10.6 Å². The van der Waals surface area contributed by atoms with Gasteiger partial charge in [-0.1, -0.05) is 57.9 Å². The Hall–Kier alpha value is -2.57. The van der Waals surface area contributed by atoms with Crippen LogP contribution < -0.4 is 10.6 Å². The zero-order valence-electron chi connectivity index (χ0n) is 16.8. The molecule has 0 radical (unpaired) electrons. The lowest BCUT2D eigenvalue weighted by Gasteiger charge is -2.16. The largest absolute Gasteiger partial charge is 0.345 e. The van der Waals surface area contributed by atoms with Gasteiger partial charge in [-0.25, -0.2) is 0 Å². The lowest BCUT2D eigenvalue weighted by molar-refractivity contribution is -0.113. The highest BCUT2D eigenvalue weighted by Crippen LogP contribution is 2.24. The van der Waals surface area contributed by atoms with E-state index in [2.05, 4.69) is 26.6 Å². The van der Waals surface area contributed by atoms with E-state index in [9.17, 15) is 9.59 Å². The Kier molecular flexibility index (Phi) is 7.71. The first-order chi connectivity index (χ1) is 14.4. The topological polar surface area (TPSA) is 58.2 Å². The van der Waals surface area contributed by atoms with Crippen molar-refractivity contribution in [3.05, 3.63) is 94.0 Å². The van der Waals surface area contributed by atoms with E-state index < -0.39 is 0 Å². The highest BCUT2D eigenvalue weighted by atomic mass is 79.9. The van der Waals surface area contributed by atoms with Crippen LogP contribution in [0, 0.1) is 6.92 Å². The Labute approximate surface area is 189 Å². The molecule has 0 spiro atoms. The predicted octanol–water partition coefficient (Wildman–Crippen LogP) is 5.98. The van der Waals surface area contributed by atoms with Crippen LogP contribution in [0.5, 0.6) is 0 Å². The van der Waals surface area contributed by atoms with Crippen molar-refractivity contribution in [3.8, 4) is 0 Å². The lowest BCUT2D eigenvalue weighted by Crippen LogP contribution is -2.27. The predicted molar refractivity (Wildman–Crippen MR) is 127 cm³/mol. The smallest absolute Gasteiger partial charge is 0.252 e. The van der Waals surface area contributed by atoms with Crippen molar-refractivity contribution in [1.82, 2.24) is 5.32 Å². The summed E-state index contributed by atoms with van der Waals surface area (Å²) in [4.78, 5) is 25.9. The standard InChI is InChI=1S/C24H23BrN2O2S/c1-16-7-13-20(14-8-16)27-23(28)15-30-22-6-4-3-5-21(22)24(29)26-17(2)18-9-11-19(25)12-10-18/h3-14,17H,15H2,1-2H3,(H,26,29)(H,27,28). The molecule has 30 heavy (non-hydrogen) atoms. The second-order valence-corrected chi connectivity index (χ2v) is 8.88. The molecule has 2 amide bonds. The third-order valence-corrected chi connectivity index (χ3v) is 6.15. The second-order valence-electron chi connectivity index (χ2n) is 6.95. The minimum atomic E-state index is -0.160. The lowest BCUT2D eigenvalue weighted by atomic mass is 10.1. The van der Waals surface area contributed by atoms with E-state index in [1.54, 1.807) is 6.07 Å². The molecule has 1 unspecified atom stereocenters. The summed E-state index contributed by atoms with van der Waals surface area (Å²) in [5.74, 6) is -0.0461. The maximum Gasteiger partial charge on any atom is 0.252 e. The van der Waals surface area contributed by atoms with Gasteiger partial charge in [-0.2, -0.15) is 0 Å². The van der Waals surface area contributed by atoms with Crippen molar-refractivity contribution in [2.75, 3.05) is 11.1 Å². The number of hydrogen-bond donors (Lipinski definition) is 2. The fraction of sp³-hybridized carbons (Fsp3) is 0.167. The van der Waals surface area contributed by atoms with E-state index in [-0.39, 0.29) is 23.6 Å². The van der Waals surface area contributed by atoms with E-state index >= 15 is 0 Å². The molecule has 0 bridgehead atoms. The molecule has 6 heteroatoms. The van der Waals surface area contributed by atoms with Crippen LogP contribution in [0.4, 0.5) is 5.69 Å². The summed E-state index contributed by atoms with van der Waals surface area (Å²) in [5.41, 5.74) is 3.49. The molecule has 154 valence electrons. The zero-order chi connectivity index (χ0) is 21.5. The Morgan fingerprint density at radius 2 is 1.63 bits per heavy atom. The summed E-state index contributed by atoms with van der Waals surface area (Å²) in [5, 5.41) is 5.92. The first-order valence-electron chi connectivity index (χ1n) is 9.57. The number of hydrogen-bond acceptors (Lipinski definition) is 3. The maximum atomic E-state index is 12.8. The Bertz CT molecular complexity index is 1020. The van der Waals surface area contributed by atoms with Crippen molar-refractivity contribution < 1.29 is 9.59 Å².